The molecule has 0 unspecified atom stereocenters. The van der Waals surface area contributed by atoms with E-state index < -0.39 is 0 Å². The van der Waals surface area contributed by atoms with Crippen LogP contribution in [0.5, 0.6) is 0 Å². The Morgan fingerprint density at radius 3 is 2.10 bits per heavy atom. The Labute approximate surface area is 182 Å². The summed E-state index contributed by atoms with van der Waals surface area (Å²) in [6.45, 7) is 15.2. The number of carbonyl (C=O) groups is 1. The Bertz CT molecular complexity index is 1120. The lowest BCUT2D eigenvalue weighted by Gasteiger charge is -2.03. The van der Waals surface area contributed by atoms with Crippen molar-refractivity contribution >= 4 is 52.3 Å². The van der Waals surface area contributed by atoms with Crippen LogP contribution in [0.25, 0.3) is 28.3 Å². The van der Waals surface area contributed by atoms with Crippen LogP contribution >= 0.6 is 11.6 Å². The molecule has 0 aliphatic carbocycles. The fourth-order valence-electron chi connectivity index (χ4n) is 3.14. The van der Waals surface area contributed by atoms with Crippen molar-refractivity contribution in [2.75, 3.05) is 5.73 Å². The molecule has 0 atom stereocenters. The van der Waals surface area contributed by atoms with E-state index in [9.17, 15) is 4.39 Å². The first-order valence-electron chi connectivity index (χ1n) is 9.84. The Hall–Kier alpha value is -2.85. The maximum absolute atomic E-state index is 12.6. The second kappa shape index (κ2) is 12.0. The SMILES string of the molecule is C=O.C=c1c2cccc3c(N)ccc(c32)n1CC.CCC.Cc1cccc(Cl)c1F. The van der Waals surface area contributed by atoms with Crippen molar-refractivity contribution in [3.05, 3.63) is 70.3 Å². The molecule has 4 aromatic rings. The Kier molecular flexibility index (Phi) is 10.1. The monoisotopic (exact) mass is 428 g/mol. The van der Waals surface area contributed by atoms with Gasteiger partial charge in [0.15, 0.2) is 0 Å². The summed E-state index contributed by atoms with van der Waals surface area (Å²) in [5.41, 5.74) is 8.66. The number of anilines is 1. The van der Waals surface area contributed by atoms with Gasteiger partial charge in [0, 0.05) is 39.3 Å². The first kappa shape index (κ1) is 25.2. The molecule has 0 radical (unpaired) electrons. The van der Waals surface area contributed by atoms with Crippen molar-refractivity contribution in [1.82, 2.24) is 4.57 Å². The van der Waals surface area contributed by atoms with E-state index in [1.807, 2.05) is 18.9 Å². The maximum atomic E-state index is 12.6. The Morgan fingerprint density at radius 1 is 1.00 bits per heavy atom. The van der Waals surface area contributed by atoms with Gasteiger partial charge >= 0.3 is 0 Å². The van der Waals surface area contributed by atoms with Crippen molar-refractivity contribution in [2.45, 2.75) is 40.7 Å². The lowest BCUT2D eigenvalue weighted by Crippen LogP contribution is -2.12. The number of nitrogens with two attached hydrogens (primary N) is 1. The average Bonchev–Trinajstić information content (AvgIpc) is 3.04. The third-order valence-corrected chi connectivity index (χ3v) is 4.73. The molecule has 0 saturated heterocycles. The van der Waals surface area contributed by atoms with Crippen molar-refractivity contribution in [2.24, 2.45) is 0 Å². The third kappa shape index (κ3) is 5.39. The van der Waals surface area contributed by atoms with Crippen LogP contribution in [0.4, 0.5) is 10.1 Å². The molecular weight excluding hydrogens is 399 g/mol. The predicted octanol–water partition coefficient (Wildman–Crippen LogP) is 6.54. The summed E-state index contributed by atoms with van der Waals surface area (Å²) in [4.78, 5) is 8.00. The van der Waals surface area contributed by atoms with Gasteiger partial charge in [0.2, 0.25) is 0 Å². The van der Waals surface area contributed by atoms with Gasteiger partial charge in [-0.2, -0.15) is 0 Å². The number of benzene rings is 3. The second-order valence-corrected chi connectivity index (χ2v) is 7.08. The number of aryl methyl sites for hydroxylation is 2. The number of rotatable bonds is 1. The second-order valence-electron chi connectivity index (χ2n) is 6.67. The lowest BCUT2D eigenvalue weighted by molar-refractivity contribution is -0.0979. The minimum atomic E-state index is -0.320. The third-order valence-electron chi connectivity index (χ3n) is 4.44. The largest absolute Gasteiger partial charge is 0.398 e. The Morgan fingerprint density at radius 2 is 1.57 bits per heavy atom. The summed E-state index contributed by atoms with van der Waals surface area (Å²) in [5.74, 6) is -0.320. The van der Waals surface area contributed by atoms with Gasteiger partial charge in [-0.25, -0.2) is 4.39 Å². The molecule has 0 amide bonds. The zero-order chi connectivity index (χ0) is 22.8. The van der Waals surface area contributed by atoms with Gasteiger partial charge in [-0.1, -0.05) is 68.8 Å². The highest BCUT2D eigenvalue weighted by molar-refractivity contribution is 6.30. The molecular formula is C25H30ClFN2O. The van der Waals surface area contributed by atoms with Crippen LogP contribution in [0.3, 0.4) is 0 Å². The van der Waals surface area contributed by atoms with Crippen LogP contribution < -0.4 is 11.1 Å². The minimum absolute atomic E-state index is 0.190. The molecule has 0 aliphatic rings. The molecule has 0 saturated carbocycles. The zero-order valence-electron chi connectivity index (χ0n) is 18.1. The van der Waals surface area contributed by atoms with E-state index in [-0.39, 0.29) is 10.8 Å². The molecule has 3 aromatic carbocycles. The number of halogens is 2. The van der Waals surface area contributed by atoms with E-state index in [2.05, 4.69) is 50.1 Å². The molecule has 4 rings (SSSR count). The molecule has 0 bridgehead atoms. The van der Waals surface area contributed by atoms with Crippen molar-refractivity contribution < 1.29 is 9.18 Å². The van der Waals surface area contributed by atoms with Crippen molar-refractivity contribution in [3.63, 3.8) is 0 Å². The Balaban J connectivity index is 0.000000274. The first-order valence-corrected chi connectivity index (χ1v) is 10.2. The fraction of sp³-hybridized carbons (Fsp3) is 0.240. The van der Waals surface area contributed by atoms with Crippen LogP contribution in [0.15, 0.2) is 48.5 Å². The van der Waals surface area contributed by atoms with Gasteiger partial charge in [-0.3, -0.25) is 0 Å². The molecule has 160 valence electrons. The molecule has 0 fully saturated rings. The van der Waals surface area contributed by atoms with Gasteiger partial charge in [0.05, 0.1) is 5.02 Å². The van der Waals surface area contributed by atoms with Crippen molar-refractivity contribution in [3.8, 4) is 0 Å². The van der Waals surface area contributed by atoms with E-state index in [0.29, 0.717) is 5.56 Å². The van der Waals surface area contributed by atoms with Crippen LogP contribution in [-0.4, -0.2) is 11.4 Å². The number of hydrogen-bond donors (Lipinski definition) is 1. The maximum Gasteiger partial charge on any atom is 0.144 e. The fourth-order valence-corrected chi connectivity index (χ4v) is 3.36. The van der Waals surface area contributed by atoms with Gasteiger partial charge in [0.25, 0.3) is 0 Å². The molecule has 3 nitrogen and oxygen atoms in total. The standard InChI is InChI=1S/C14H14N2.C7H6ClF.C3H8.CH2O/c1-3-16-9(2)10-5-4-6-11-12(15)7-8-13(16)14(10)11;1-5-3-2-4-6(8)7(5)9;1-3-2;1-2/h4-8H,2-3,15H2,1H3;2-4H,1H3;3H2,1-2H3;1H2. The zero-order valence-corrected chi connectivity index (χ0v) is 18.9. The topological polar surface area (TPSA) is 48.0 Å². The molecule has 5 heteroatoms. The highest BCUT2D eigenvalue weighted by atomic mass is 35.5. The van der Waals surface area contributed by atoms with Gasteiger partial charge in [0.1, 0.15) is 12.6 Å². The summed E-state index contributed by atoms with van der Waals surface area (Å²) in [7, 11) is 0. The van der Waals surface area contributed by atoms with E-state index in [1.54, 1.807) is 19.1 Å². The molecule has 30 heavy (non-hydrogen) atoms. The van der Waals surface area contributed by atoms with Gasteiger partial charge in [-0.05, 0) is 37.6 Å². The number of aromatic nitrogens is 1. The van der Waals surface area contributed by atoms with E-state index >= 15 is 0 Å². The van der Waals surface area contributed by atoms with E-state index in [0.717, 1.165) is 23.0 Å². The smallest absolute Gasteiger partial charge is 0.144 e. The lowest BCUT2D eigenvalue weighted by atomic mass is 10.1. The minimum Gasteiger partial charge on any atom is -0.398 e. The number of hydrogen-bond acceptors (Lipinski definition) is 2. The highest BCUT2D eigenvalue weighted by Crippen LogP contribution is 2.29. The molecule has 1 heterocycles. The summed E-state index contributed by atoms with van der Waals surface area (Å²) in [6.07, 6.45) is 1.25. The average molecular weight is 429 g/mol. The number of nitrogen functional groups attached to an aromatic ring is 1. The quantitative estimate of drug-likeness (QED) is 0.349. The summed E-state index contributed by atoms with van der Waals surface area (Å²) in [6, 6.07) is 15.2. The van der Waals surface area contributed by atoms with E-state index in [1.165, 1.54) is 28.8 Å². The van der Waals surface area contributed by atoms with Gasteiger partial charge < -0.3 is 15.1 Å². The molecule has 2 N–H and O–H groups in total. The van der Waals surface area contributed by atoms with Gasteiger partial charge in [-0.15, -0.1) is 0 Å². The molecule has 0 spiro atoms. The van der Waals surface area contributed by atoms with Crippen LogP contribution in [0.2, 0.25) is 5.02 Å². The normalized spacial score (nSPS) is 9.80. The highest BCUT2D eigenvalue weighted by Gasteiger charge is 2.10. The van der Waals surface area contributed by atoms with Crippen molar-refractivity contribution in [1.29, 1.82) is 0 Å². The summed E-state index contributed by atoms with van der Waals surface area (Å²) >= 11 is 5.44. The molecule has 1 aromatic heterocycles. The van der Waals surface area contributed by atoms with Crippen LogP contribution in [0.1, 0.15) is 32.8 Å². The predicted molar refractivity (Wildman–Crippen MR) is 130 cm³/mol. The summed E-state index contributed by atoms with van der Waals surface area (Å²) in [5, 5.41) is 4.85. The van der Waals surface area contributed by atoms with Crippen LogP contribution in [-0.2, 0) is 11.3 Å². The number of nitrogens with zero attached hydrogens (tertiary/aromatic N) is 1. The first-order chi connectivity index (χ1) is 14.4. The van der Waals surface area contributed by atoms with E-state index in [4.69, 9.17) is 22.1 Å². The van der Waals surface area contributed by atoms with Crippen LogP contribution in [0, 0.1) is 12.7 Å². The number of carbonyl (C=O) groups excluding carboxylic acids is 1. The molecule has 0 aliphatic heterocycles. The summed E-state index contributed by atoms with van der Waals surface area (Å²) < 4.78 is 14.8.